The number of benzene rings is 2. The highest BCUT2D eigenvalue weighted by Crippen LogP contribution is 2.35. The second kappa shape index (κ2) is 10.6. The second-order valence-electron chi connectivity index (χ2n) is 9.82. The largest absolute Gasteiger partial charge is 0.445 e. The Balaban J connectivity index is 1.27. The van der Waals surface area contributed by atoms with Gasteiger partial charge >= 0.3 is 6.09 Å². The lowest BCUT2D eigenvalue weighted by Crippen LogP contribution is -2.59. The van der Waals surface area contributed by atoms with E-state index in [1.807, 2.05) is 35.2 Å². The molecule has 8 nitrogen and oxygen atoms in total. The molecule has 35 heavy (non-hydrogen) atoms. The van der Waals surface area contributed by atoms with Crippen molar-refractivity contribution in [2.75, 3.05) is 44.2 Å². The highest BCUT2D eigenvalue weighted by Gasteiger charge is 2.39. The van der Waals surface area contributed by atoms with E-state index in [-0.39, 0.29) is 23.9 Å². The van der Waals surface area contributed by atoms with Gasteiger partial charge in [0.05, 0.1) is 16.7 Å². The van der Waals surface area contributed by atoms with Gasteiger partial charge in [0.25, 0.3) is 5.69 Å². The number of non-ortho nitro benzene ring substituents is 1. The molecule has 1 amide bonds. The highest BCUT2D eigenvalue weighted by atomic mass is 19.1. The van der Waals surface area contributed by atoms with Crippen LogP contribution in [0.4, 0.5) is 20.6 Å². The topological polar surface area (TPSA) is 79.2 Å². The Morgan fingerprint density at radius 2 is 1.71 bits per heavy atom. The van der Waals surface area contributed by atoms with Crippen LogP contribution in [0.1, 0.15) is 32.3 Å². The Morgan fingerprint density at radius 3 is 2.31 bits per heavy atom. The summed E-state index contributed by atoms with van der Waals surface area (Å²) in [5, 5.41) is 10.9. The standard InChI is InChI=1S/C26H33FN4O4/c1-26(2,21-10-12-29(13-11-21)25(32)35-19-20-6-4-3-5-7-20)30-16-14-28(15-17-30)24-9-8-22(31(33)34)18-23(24)27/h3-9,18,21H,10-17,19H2,1-2H3. The van der Waals surface area contributed by atoms with Crippen molar-refractivity contribution in [3.8, 4) is 0 Å². The summed E-state index contributed by atoms with van der Waals surface area (Å²) in [7, 11) is 0. The van der Waals surface area contributed by atoms with Crippen molar-refractivity contribution in [3.05, 3.63) is 70.0 Å². The molecule has 2 aliphatic rings. The number of piperazine rings is 1. The monoisotopic (exact) mass is 484 g/mol. The summed E-state index contributed by atoms with van der Waals surface area (Å²) in [5.41, 5.74) is 1.10. The van der Waals surface area contributed by atoms with Gasteiger partial charge < -0.3 is 14.5 Å². The normalized spacial score (nSPS) is 17.9. The predicted molar refractivity (Wildman–Crippen MR) is 132 cm³/mol. The molecular formula is C26H33FN4O4. The summed E-state index contributed by atoms with van der Waals surface area (Å²) < 4.78 is 20.0. The minimum Gasteiger partial charge on any atom is -0.445 e. The van der Waals surface area contributed by atoms with Gasteiger partial charge in [0.1, 0.15) is 6.61 Å². The number of amides is 1. The quantitative estimate of drug-likeness (QED) is 0.438. The molecule has 2 saturated heterocycles. The fourth-order valence-corrected chi connectivity index (χ4v) is 5.23. The summed E-state index contributed by atoms with van der Waals surface area (Å²) in [4.78, 5) is 29.0. The van der Waals surface area contributed by atoms with Gasteiger partial charge in [-0.3, -0.25) is 15.0 Å². The van der Waals surface area contributed by atoms with Gasteiger partial charge in [0.15, 0.2) is 5.82 Å². The van der Waals surface area contributed by atoms with E-state index >= 15 is 0 Å². The molecule has 2 fully saturated rings. The Bertz CT molecular complexity index is 1030. The average molecular weight is 485 g/mol. The van der Waals surface area contributed by atoms with Crippen molar-refractivity contribution >= 4 is 17.5 Å². The molecule has 188 valence electrons. The molecular weight excluding hydrogens is 451 g/mol. The fraction of sp³-hybridized carbons (Fsp3) is 0.500. The Kier molecular flexibility index (Phi) is 7.54. The van der Waals surface area contributed by atoms with Crippen molar-refractivity contribution in [1.82, 2.24) is 9.80 Å². The molecule has 0 bridgehead atoms. The molecule has 0 atom stereocenters. The van der Waals surface area contributed by atoms with E-state index in [4.69, 9.17) is 4.74 Å². The van der Waals surface area contributed by atoms with Crippen molar-refractivity contribution in [2.24, 2.45) is 5.92 Å². The Hall–Kier alpha value is -3.20. The van der Waals surface area contributed by atoms with Crippen LogP contribution in [0.5, 0.6) is 0 Å². The Morgan fingerprint density at radius 1 is 1.06 bits per heavy atom. The maximum atomic E-state index is 14.5. The van der Waals surface area contributed by atoms with E-state index in [1.54, 1.807) is 4.90 Å². The number of likely N-dealkylation sites (tertiary alicyclic amines) is 1. The van der Waals surface area contributed by atoms with E-state index in [0.717, 1.165) is 37.6 Å². The zero-order chi connectivity index (χ0) is 25.0. The summed E-state index contributed by atoms with van der Waals surface area (Å²) >= 11 is 0. The number of nitrogens with zero attached hydrogens (tertiary/aromatic N) is 4. The number of rotatable bonds is 6. The average Bonchev–Trinajstić information content (AvgIpc) is 2.88. The lowest BCUT2D eigenvalue weighted by molar-refractivity contribution is -0.385. The first-order valence-corrected chi connectivity index (χ1v) is 12.2. The smallest absolute Gasteiger partial charge is 0.410 e. The molecule has 9 heteroatoms. The third-order valence-corrected chi connectivity index (χ3v) is 7.53. The molecule has 0 saturated carbocycles. The summed E-state index contributed by atoms with van der Waals surface area (Å²) in [6.07, 6.45) is 1.55. The van der Waals surface area contributed by atoms with Gasteiger partial charge in [0, 0.05) is 50.9 Å². The highest BCUT2D eigenvalue weighted by molar-refractivity contribution is 5.67. The third-order valence-electron chi connectivity index (χ3n) is 7.53. The van der Waals surface area contributed by atoms with Crippen LogP contribution in [-0.4, -0.2) is 65.6 Å². The van der Waals surface area contributed by atoms with E-state index in [9.17, 15) is 19.3 Å². The molecule has 2 aromatic carbocycles. The molecule has 4 rings (SSSR count). The maximum Gasteiger partial charge on any atom is 0.410 e. The fourth-order valence-electron chi connectivity index (χ4n) is 5.23. The third kappa shape index (κ3) is 5.73. The number of halogens is 1. The molecule has 0 aliphatic carbocycles. The van der Waals surface area contributed by atoms with Crippen molar-refractivity contribution < 1.29 is 18.8 Å². The summed E-state index contributed by atoms with van der Waals surface area (Å²) in [5.74, 6) is -0.123. The van der Waals surface area contributed by atoms with Gasteiger partial charge in [0.2, 0.25) is 0 Å². The van der Waals surface area contributed by atoms with Gasteiger partial charge in [-0.2, -0.15) is 0 Å². The van der Waals surface area contributed by atoms with Gasteiger partial charge in [-0.1, -0.05) is 30.3 Å². The minimum absolute atomic E-state index is 0.0554. The first-order chi connectivity index (χ1) is 16.8. The van der Waals surface area contributed by atoms with Crippen LogP contribution in [0.25, 0.3) is 0 Å². The minimum atomic E-state index is -0.582. The molecule has 2 aliphatic heterocycles. The van der Waals surface area contributed by atoms with E-state index in [1.165, 1.54) is 12.1 Å². The van der Waals surface area contributed by atoms with Crippen LogP contribution in [0.3, 0.4) is 0 Å². The first kappa shape index (κ1) is 24.9. The van der Waals surface area contributed by atoms with Crippen LogP contribution < -0.4 is 4.90 Å². The molecule has 0 aromatic heterocycles. The number of hydrogen-bond donors (Lipinski definition) is 0. The first-order valence-electron chi connectivity index (χ1n) is 12.2. The number of ether oxygens (including phenoxy) is 1. The van der Waals surface area contributed by atoms with E-state index in [2.05, 4.69) is 18.7 Å². The van der Waals surface area contributed by atoms with Crippen molar-refractivity contribution in [1.29, 1.82) is 0 Å². The van der Waals surface area contributed by atoms with Crippen LogP contribution >= 0.6 is 0 Å². The van der Waals surface area contributed by atoms with E-state index < -0.39 is 10.7 Å². The lowest BCUT2D eigenvalue weighted by Gasteiger charge is -2.50. The number of piperidine rings is 1. The molecule has 2 aromatic rings. The molecule has 0 N–H and O–H groups in total. The number of carbonyl (C=O) groups excluding carboxylic acids is 1. The number of hydrogen-bond acceptors (Lipinski definition) is 6. The van der Waals surface area contributed by atoms with E-state index in [0.29, 0.717) is 37.8 Å². The van der Waals surface area contributed by atoms with Crippen molar-refractivity contribution in [2.45, 2.75) is 38.8 Å². The maximum absolute atomic E-state index is 14.5. The molecule has 0 unspecified atom stereocenters. The van der Waals surface area contributed by atoms with Crippen LogP contribution in [-0.2, 0) is 11.3 Å². The van der Waals surface area contributed by atoms with Crippen molar-refractivity contribution in [3.63, 3.8) is 0 Å². The SMILES string of the molecule is CC(C)(C1CCN(C(=O)OCc2ccccc2)CC1)N1CCN(c2ccc([N+](=O)[O-])cc2F)CC1. The molecule has 2 heterocycles. The van der Waals surface area contributed by atoms with Crippen LogP contribution in [0, 0.1) is 21.8 Å². The zero-order valence-electron chi connectivity index (χ0n) is 20.4. The zero-order valence-corrected chi connectivity index (χ0v) is 20.4. The predicted octanol–water partition coefficient (Wildman–Crippen LogP) is 4.68. The summed E-state index contributed by atoms with van der Waals surface area (Å²) in [6, 6.07) is 13.5. The van der Waals surface area contributed by atoms with Gasteiger partial charge in [-0.15, -0.1) is 0 Å². The second-order valence-corrected chi connectivity index (χ2v) is 9.82. The number of carbonyl (C=O) groups is 1. The lowest BCUT2D eigenvalue weighted by atomic mass is 9.78. The van der Waals surface area contributed by atoms with Crippen LogP contribution in [0.2, 0.25) is 0 Å². The van der Waals surface area contributed by atoms with Crippen LogP contribution in [0.15, 0.2) is 48.5 Å². The Labute approximate surface area is 205 Å². The number of nitro benzene ring substituents is 1. The summed E-state index contributed by atoms with van der Waals surface area (Å²) in [6.45, 7) is 9.01. The number of anilines is 1. The number of nitro groups is 1. The molecule has 0 radical (unpaired) electrons. The van der Waals surface area contributed by atoms with Gasteiger partial charge in [-0.05, 0) is 44.2 Å². The van der Waals surface area contributed by atoms with Gasteiger partial charge in [-0.25, -0.2) is 9.18 Å². The molecule has 0 spiro atoms.